The second-order valence-electron chi connectivity index (χ2n) is 6.67. The van der Waals surface area contributed by atoms with E-state index in [9.17, 15) is 9.59 Å². The van der Waals surface area contributed by atoms with Crippen molar-refractivity contribution in [1.82, 2.24) is 9.80 Å². The number of rotatable bonds is 4. The van der Waals surface area contributed by atoms with Gasteiger partial charge in [0.2, 0.25) is 5.91 Å². The Morgan fingerprint density at radius 3 is 2.36 bits per heavy atom. The first-order chi connectivity index (χ1) is 11.1. The zero-order valence-corrected chi connectivity index (χ0v) is 15.8. The highest BCUT2D eigenvalue weighted by molar-refractivity contribution is 5.85. The van der Waals surface area contributed by atoms with Gasteiger partial charge in [0.25, 0.3) is 0 Å². The van der Waals surface area contributed by atoms with Crippen molar-refractivity contribution in [3.05, 3.63) is 35.9 Å². The van der Waals surface area contributed by atoms with Crippen LogP contribution in [0, 0.1) is 11.8 Å². The predicted molar refractivity (Wildman–Crippen MR) is 101 cm³/mol. The number of aliphatic carboxylic acids is 1. The number of nitrogens with zero attached hydrogens (tertiary/aromatic N) is 2. The van der Waals surface area contributed by atoms with Gasteiger partial charge in [-0.05, 0) is 31.4 Å². The molecule has 25 heavy (non-hydrogen) atoms. The van der Waals surface area contributed by atoms with Gasteiger partial charge in [-0.15, -0.1) is 24.8 Å². The summed E-state index contributed by atoms with van der Waals surface area (Å²) in [4.78, 5) is 27.8. The highest BCUT2D eigenvalue weighted by Gasteiger charge is 2.35. The Labute approximate surface area is 161 Å². The van der Waals surface area contributed by atoms with Gasteiger partial charge < -0.3 is 10.0 Å². The van der Waals surface area contributed by atoms with Crippen LogP contribution in [0.25, 0.3) is 0 Å². The van der Waals surface area contributed by atoms with Gasteiger partial charge >= 0.3 is 5.97 Å². The van der Waals surface area contributed by atoms with Crippen LogP contribution in [0.2, 0.25) is 0 Å². The Morgan fingerprint density at radius 2 is 1.72 bits per heavy atom. The summed E-state index contributed by atoms with van der Waals surface area (Å²) in [6.07, 6.45) is 2.53. The van der Waals surface area contributed by atoms with Gasteiger partial charge in [0.15, 0.2) is 0 Å². The Balaban J connectivity index is 0.00000156. The molecule has 0 saturated carbocycles. The molecule has 2 heterocycles. The van der Waals surface area contributed by atoms with E-state index in [1.807, 2.05) is 18.2 Å². The van der Waals surface area contributed by atoms with Crippen LogP contribution in [0.15, 0.2) is 30.3 Å². The lowest BCUT2D eigenvalue weighted by Gasteiger charge is -2.34. The number of carboxylic acid groups (broad SMARTS) is 1. The van der Waals surface area contributed by atoms with E-state index >= 15 is 0 Å². The molecule has 2 aliphatic heterocycles. The number of hydrogen-bond acceptors (Lipinski definition) is 3. The molecule has 2 atom stereocenters. The summed E-state index contributed by atoms with van der Waals surface area (Å²) in [6.45, 7) is 3.65. The fraction of sp³-hybridized carbons (Fsp3) is 0.556. The van der Waals surface area contributed by atoms with Crippen molar-refractivity contribution >= 4 is 36.7 Å². The molecular formula is C18H26Cl2N2O3. The van der Waals surface area contributed by atoms with Gasteiger partial charge in [-0.1, -0.05) is 30.3 Å². The number of carboxylic acids is 1. The van der Waals surface area contributed by atoms with E-state index in [0.717, 1.165) is 32.5 Å². The zero-order valence-electron chi connectivity index (χ0n) is 14.2. The molecule has 1 amide bonds. The monoisotopic (exact) mass is 388 g/mol. The third kappa shape index (κ3) is 5.59. The van der Waals surface area contributed by atoms with E-state index in [2.05, 4.69) is 17.0 Å². The minimum absolute atomic E-state index is 0. The smallest absolute Gasteiger partial charge is 0.308 e. The predicted octanol–water partition coefficient (Wildman–Crippen LogP) is 2.68. The third-order valence-corrected chi connectivity index (χ3v) is 4.95. The van der Waals surface area contributed by atoms with Gasteiger partial charge in [0.05, 0.1) is 11.8 Å². The van der Waals surface area contributed by atoms with Crippen LogP contribution in [-0.2, 0) is 16.1 Å². The van der Waals surface area contributed by atoms with Crippen LogP contribution >= 0.6 is 24.8 Å². The number of hydrogen-bond donors (Lipinski definition) is 1. The Kier molecular flexibility index (Phi) is 8.69. The van der Waals surface area contributed by atoms with Crippen molar-refractivity contribution in [3.63, 3.8) is 0 Å². The topological polar surface area (TPSA) is 60.9 Å². The molecule has 2 saturated heterocycles. The molecule has 140 valence electrons. The lowest BCUT2D eigenvalue weighted by atomic mass is 9.96. The standard InChI is InChI=1S/C18H24N2O3.2ClH/c21-17(20-10-8-16(13-20)18(22)23)15-7-4-9-19(12-15)11-14-5-2-1-3-6-14;;/h1-3,5-6,15-16H,4,7-13H2,(H,22,23);2*1H. The fourth-order valence-electron chi connectivity index (χ4n) is 3.66. The van der Waals surface area contributed by atoms with Crippen molar-refractivity contribution in [1.29, 1.82) is 0 Å². The van der Waals surface area contributed by atoms with Crippen molar-refractivity contribution in [3.8, 4) is 0 Å². The normalized spacial score (nSPS) is 23.4. The van der Waals surface area contributed by atoms with E-state index in [0.29, 0.717) is 19.5 Å². The summed E-state index contributed by atoms with van der Waals surface area (Å²) < 4.78 is 0. The van der Waals surface area contributed by atoms with Crippen LogP contribution in [0.4, 0.5) is 0 Å². The number of halogens is 2. The van der Waals surface area contributed by atoms with Crippen molar-refractivity contribution in [2.75, 3.05) is 26.2 Å². The summed E-state index contributed by atoms with van der Waals surface area (Å²) in [5.74, 6) is -1.01. The van der Waals surface area contributed by atoms with E-state index in [1.165, 1.54) is 5.56 Å². The first kappa shape index (κ1) is 21.7. The molecule has 0 aliphatic carbocycles. The van der Waals surface area contributed by atoms with E-state index in [1.54, 1.807) is 4.90 Å². The van der Waals surface area contributed by atoms with Gasteiger partial charge in [0, 0.05) is 26.2 Å². The number of benzene rings is 1. The molecular weight excluding hydrogens is 363 g/mol. The quantitative estimate of drug-likeness (QED) is 0.860. The Hall–Kier alpha value is -1.30. The fourth-order valence-corrected chi connectivity index (χ4v) is 3.66. The van der Waals surface area contributed by atoms with E-state index in [-0.39, 0.29) is 42.6 Å². The summed E-state index contributed by atoms with van der Waals surface area (Å²) >= 11 is 0. The van der Waals surface area contributed by atoms with Crippen molar-refractivity contribution < 1.29 is 14.7 Å². The molecule has 1 N–H and O–H groups in total. The Bertz CT molecular complexity index is 571. The highest BCUT2D eigenvalue weighted by Crippen LogP contribution is 2.24. The molecule has 2 unspecified atom stereocenters. The van der Waals surface area contributed by atoms with Gasteiger partial charge in [-0.2, -0.15) is 0 Å². The molecule has 1 aromatic rings. The molecule has 5 nitrogen and oxygen atoms in total. The van der Waals surface area contributed by atoms with Crippen molar-refractivity contribution in [2.45, 2.75) is 25.8 Å². The van der Waals surface area contributed by atoms with Crippen LogP contribution in [0.1, 0.15) is 24.8 Å². The average molecular weight is 389 g/mol. The second-order valence-corrected chi connectivity index (χ2v) is 6.67. The molecule has 2 fully saturated rings. The van der Waals surface area contributed by atoms with Crippen molar-refractivity contribution in [2.24, 2.45) is 11.8 Å². The highest BCUT2D eigenvalue weighted by atomic mass is 35.5. The molecule has 0 spiro atoms. The molecule has 0 radical (unpaired) electrons. The molecule has 1 aromatic carbocycles. The van der Waals surface area contributed by atoms with Gasteiger partial charge in [0.1, 0.15) is 0 Å². The van der Waals surface area contributed by atoms with Gasteiger partial charge in [-0.3, -0.25) is 14.5 Å². The molecule has 2 aliphatic rings. The average Bonchev–Trinajstić information content (AvgIpc) is 3.06. The van der Waals surface area contributed by atoms with E-state index in [4.69, 9.17) is 5.11 Å². The third-order valence-electron chi connectivity index (χ3n) is 4.95. The summed E-state index contributed by atoms with van der Waals surface area (Å²) in [5, 5.41) is 9.08. The molecule has 0 aromatic heterocycles. The first-order valence-electron chi connectivity index (χ1n) is 8.41. The maximum absolute atomic E-state index is 12.7. The lowest BCUT2D eigenvalue weighted by molar-refractivity contribution is -0.142. The second kappa shape index (κ2) is 10.00. The Morgan fingerprint density at radius 1 is 1.00 bits per heavy atom. The van der Waals surface area contributed by atoms with Crippen LogP contribution in [0.3, 0.4) is 0 Å². The van der Waals surface area contributed by atoms with E-state index < -0.39 is 5.97 Å². The number of carbonyl (C=O) groups excluding carboxylic acids is 1. The molecule has 7 heteroatoms. The minimum atomic E-state index is -0.783. The largest absolute Gasteiger partial charge is 0.481 e. The molecule has 0 bridgehead atoms. The minimum Gasteiger partial charge on any atom is -0.481 e. The van der Waals surface area contributed by atoms with Crippen LogP contribution in [-0.4, -0.2) is 53.0 Å². The number of piperidine rings is 1. The lowest BCUT2D eigenvalue weighted by Crippen LogP contribution is -2.44. The summed E-state index contributed by atoms with van der Waals surface area (Å²) in [5.41, 5.74) is 1.27. The maximum Gasteiger partial charge on any atom is 0.308 e. The van der Waals surface area contributed by atoms with Crippen LogP contribution in [0.5, 0.6) is 0 Å². The number of likely N-dealkylation sites (tertiary alicyclic amines) is 2. The SMILES string of the molecule is Cl.Cl.O=C(O)C1CCN(C(=O)C2CCCN(Cc3ccccc3)C2)C1. The number of carbonyl (C=O) groups is 2. The van der Waals surface area contributed by atoms with Crippen LogP contribution < -0.4 is 0 Å². The number of amides is 1. The maximum atomic E-state index is 12.7. The summed E-state index contributed by atoms with van der Waals surface area (Å²) in [6, 6.07) is 10.3. The zero-order chi connectivity index (χ0) is 16.2. The summed E-state index contributed by atoms with van der Waals surface area (Å²) in [7, 11) is 0. The van der Waals surface area contributed by atoms with Gasteiger partial charge in [-0.25, -0.2) is 0 Å². The first-order valence-corrected chi connectivity index (χ1v) is 8.41. The molecule has 3 rings (SSSR count).